The lowest BCUT2D eigenvalue weighted by molar-refractivity contribution is 0.681. The summed E-state index contributed by atoms with van der Waals surface area (Å²) in [5, 5.41) is 0. The van der Waals surface area contributed by atoms with E-state index < -0.39 is 10.8 Å². The molecular formula is C10H15NOS. The molecule has 0 saturated carbocycles. The van der Waals surface area contributed by atoms with Gasteiger partial charge in [0.15, 0.2) is 0 Å². The molecule has 0 aromatic heterocycles. The summed E-state index contributed by atoms with van der Waals surface area (Å²) in [7, 11) is -0.859. The molecule has 0 spiro atoms. The number of rotatable bonds is 3. The Morgan fingerprint density at radius 3 is 2.69 bits per heavy atom. The number of nitrogen functional groups attached to an aromatic ring is 1. The van der Waals surface area contributed by atoms with Crippen LogP contribution in [0, 0.1) is 6.92 Å². The highest BCUT2D eigenvalue weighted by Gasteiger charge is 2.05. The van der Waals surface area contributed by atoms with Gasteiger partial charge >= 0.3 is 0 Å². The van der Waals surface area contributed by atoms with Gasteiger partial charge in [0.25, 0.3) is 0 Å². The van der Waals surface area contributed by atoms with Gasteiger partial charge in [0, 0.05) is 16.3 Å². The number of anilines is 1. The Morgan fingerprint density at radius 1 is 1.46 bits per heavy atom. The quantitative estimate of drug-likeness (QED) is 0.754. The van der Waals surface area contributed by atoms with Crippen LogP contribution < -0.4 is 5.73 Å². The summed E-state index contributed by atoms with van der Waals surface area (Å²) in [5.74, 6) is 0.727. The first-order chi connectivity index (χ1) is 6.15. The molecule has 2 N–H and O–H groups in total. The second-order valence-corrected chi connectivity index (χ2v) is 4.61. The SMILES string of the molecule is CCCS(=O)c1ccc(N)cc1C. The van der Waals surface area contributed by atoms with Gasteiger partial charge in [-0.25, -0.2) is 0 Å². The average Bonchev–Trinajstić information content (AvgIpc) is 2.04. The monoisotopic (exact) mass is 197 g/mol. The summed E-state index contributed by atoms with van der Waals surface area (Å²) in [6.45, 7) is 3.98. The smallest absolute Gasteiger partial charge is 0.0532 e. The fraction of sp³-hybridized carbons (Fsp3) is 0.400. The van der Waals surface area contributed by atoms with Crippen LogP contribution in [0.2, 0.25) is 0 Å². The molecule has 0 radical (unpaired) electrons. The summed E-state index contributed by atoms with van der Waals surface area (Å²) in [4.78, 5) is 0.913. The number of benzene rings is 1. The molecule has 1 rings (SSSR count). The highest BCUT2D eigenvalue weighted by Crippen LogP contribution is 2.16. The third-order valence-electron chi connectivity index (χ3n) is 1.83. The van der Waals surface area contributed by atoms with Crippen LogP contribution in [0.4, 0.5) is 5.69 Å². The molecule has 0 aliphatic carbocycles. The van der Waals surface area contributed by atoms with E-state index in [2.05, 4.69) is 0 Å². The summed E-state index contributed by atoms with van der Waals surface area (Å²) in [6.07, 6.45) is 0.941. The van der Waals surface area contributed by atoms with E-state index in [1.807, 2.05) is 26.0 Å². The molecule has 1 aromatic carbocycles. The zero-order valence-corrected chi connectivity index (χ0v) is 8.86. The molecule has 1 unspecified atom stereocenters. The predicted octanol–water partition coefficient (Wildman–Crippen LogP) is 2.09. The Labute approximate surface area is 81.6 Å². The Morgan fingerprint density at radius 2 is 2.15 bits per heavy atom. The molecule has 3 heteroatoms. The minimum atomic E-state index is -0.859. The van der Waals surface area contributed by atoms with Crippen LogP contribution in [-0.4, -0.2) is 9.96 Å². The van der Waals surface area contributed by atoms with Crippen molar-refractivity contribution in [2.75, 3.05) is 11.5 Å². The average molecular weight is 197 g/mol. The standard InChI is InChI=1S/C10H15NOS/c1-3-6-13(12)10-5-4-9(11)7-8(10)2/h4-5,7H,3,6,11H2,1-2H3. The van der Waals surface area contributed by atoms with Gasteiger partial charge in [-0.1, -0.05) is 6.92 Å². The lowest BCUT2D eigenvalue weighted by Gasteiger charge is -2.05. The molecule has 0 heterocycles. The number of hydrogen-bond acceptors (Lipinski definition) is 2. The van der Waals surface area contributed by atoms with Gasteiger partial charge in [0.05, 0.1) is 10.8 Å². The highest BCUT2D eigenvalue weighted by atomic mass is 32.2. The van der Waals surface area contributed by atoms with Crippen molar-refractivity contribution >= 4 is 16.5 Å². The van der Waals surface area contributed by atoms with E-state index in [-0.39, 0.29) is 0 Å². The number of aryl methyl sites for hydroxylation is 1. The van der Waals surface area contributed by atoms with Gasteiger partial charge in [-0.2, -0.15) is 0 Å². The van der Waals surface area contributed by atoms with Gasteiger partial charge in [0.1, 0.15) is 0 Å². The summed E-state index contributed by atoms with van der Waals surface area (Å²) >= 11 is 0. The molecule has 0 fully saturated rings. The molecule has 72 valence electrons. The molecule has 0 saturated heterocycles. The number of nitrogens with two attached hydrogens (primary N) is 1. The minimum Gasteiger partial charge on any atom is -0.399 e. The maximum atomic E-state index is 11.6. The first-order valence-corrected chi connectivity index (χ1v) is 5.71. The molecule has 0 aliphatic rings. The van der Waals surface area contributed by atoms with Crippen LogP contribution in [0.1, 0.15) is 18.9 Å². The van der Waals surface area contributed by atoms with E-state index in [9.17, 15) is 4.21 Å². The zero-order valence-electron chi connectivity index (χ0n) is 8.04. The van der Waals surface area contributed by atoms with Gasteiger partial charge < -0.3 is 5.73 Å². The lowest BCUT2D eigenvalue weighted by Crippen LogP contribution is -1.99. The molecule has 0 amide bonds. The Bertz CT molecular complexity index is 323. The normalized spacial score (nSPS) is 12.8. The fourth-order valence-electron chi connectivity index (χ4n) is 1.22. The second-order valence-electron chi connectivity index (χ2n) is 3.07. The maximum Gasteiger partial charge on any atom is 0.0532 e. The molecule has 0 aliphatic heterocycles. The summed E-state index contributed by atoms with van der Waals surface area (Å²) in [6, 6.07) is 5.52. The molecule has 2 nitrogen and oxygen atoms in total. The van der Waals surface area contributed by atoms with Crippen molar-refractivity contribution in [1.29, 1.82) is 0 Å². The second kappa shape index (κ2) is 4.42. The van der Waals surface area contributed by atoms with Crippen molar-refractivity contribution in [3.05, 3.63) is 23.8 Å². The first kappa shape index (κ1) is 10.3. The van der Waals surface area contributed by atoms with Crippen molar-refractivity contribution in [2.45, 2.75) is 25.2 Å². The highest BCUT2D eigenvalue weighted by molar-refractivity contribution is 7.85. The summed E-state index contributed by atoms with van der Waals surface area (Å²) in [5.41, 5.74) is 7.35. The fourth-order valence-corrected chi connectivity index (χ4v) is 2.45. The van der Waals surface area contributed by atoms with Crippen molar-refractivity contribution < 1.29 is 4.21 Å². The molecule has 0 bridgehead atoms. The molecule has 13 heavy (non-hydrogen) atoms. The lowest BCUT2D eigenvalue weighted by atomic mass is 10.2. The third-order valence-corrected chi connectivity index (χ3v) is 3.56. The van der Waals surface area contributed by atoms with Gasteiger partial charge in [-0.3, -0.25) is 4.21 Å². The van der Waals surface area contributed by atoms with Crippen LogP contribution in [-0.2, 0) is 10.8 Å². The Kier molecular flexibility index (Phi) is 3.48. The number of hydrogen-bond donors (Lipinski definition) is 1. The van der Waals surface area contributed by atoms with E-state index >= 15 is 0 Å². The molecule has 1 aromatic rings. The van der Waals surface area contributed by atoms with Crippen molar-refractivity contribution in [2.24, 2.45) is 0 Å². The maximum absolute atomic E-state index is 11.6. The molecule has 1 atom stereocenters. The van der Waals surface area contributed by atoms with E-state index in [4.69, 9.17) is 5.73 Å². The predicted molar refractivity (Wildman–Crippen MR) is 57.2 cm³/mol. The van der Waals surface area contributed by atoms with E-state index in [0.717, 1.165) is 28.3 Å². The van der Waals surface area contributed by atoms with E-state index in [1.165, 1.54) is 0 Å². The van der Waals surface area contributed by atoms with Crippen LogP contribution in [0.3, 0.4) is 0 Å². The van der Waals surface area contributed by atoms with E-state index in [0.29, 0.717) is 0 Å². The first-order valence-electron chi connectivity index (χ1n) is 4.39. The van der Waals surface area contributed by atoms with Crippen LogP contribution in [0.15, 0.2) is 23.1 Å². The minimum absolute atomic E-state index is 0.727. The van der Waals surface area contributed by atoms with Gasteiger partial charge in [-0.05, 0) is 37.1 Å². The largest absolute Gasteiger partial charge is 0.399 e. The Hall–Kier alpha value is -0.830. The van der Waals surface area contributed by atoms with Crippen LogP contribution in [0.5, 0.6) is 0 Å². The van der Waals surface area contributed by atoms with Crippen LogP contribution >= 0.6 is 0 Å². The van der Waals surface area contributed by atoms with Crippen LogP contribution in [0.25, 0.3) is 0 Å². The Balaban J connectivity index is 2.95. The topological polar surface area (TPSA) is 43.1 Å². The zero-order chi connectivity index (χ0) is 9.84. The van der Waals surface area contributed by atoms with Gasteiger partial charge in [-0.15, -0.1) is 0 Å². The third kappa shape index (κ3) is 2.56. The van der Waals surface area contributed by atoms with Crippen molar-refractivity contribution in [3.8, 4) is 0 Å². The van der Waals surface area contributed by atoms with E-state index in [1.54, 1.807) is 6.07 Å². The van der Waals surface area contributed by atoms with Gasteiger partial charge in [0.2, 0.25) is 0 Å². The van der Waals surface area contributed by atoms with Crippen molar-refractivity contribution in [1.82, 2.24) is 0 Å². The summed E-state index contributed by atoms with van der Waals surface area (Å²) < 4.78 is 11.6. The van der Waals surface area contributed by atoms with Crippen molar-refractivity contribution in [3.63, 3.8) is 0 Å². The molecular weight excluding hydrogens is 182 g/mol.